The van der Waals surface area contributed by atoms with Crippen LogP contribution in [0.3, 0.4) is 0 Å². The standard InChI is InChI=1S/C15H20N2OS/c1-10(2)18-13-6-4-5-12(7-13)15(17-16)14-9-19-8-11(14)3/h4-10,15,17H,16H2,1-3H3. The Morgan fingerprint density at radius 2 is 2.05 bits per heavy atom. The van der Waals surface area contributed by atoms with Gasteiger partial charge in [-0.1, -0.05) is 12.1 Å². The van der Waals surface area contributed by atoms with E-state index in [-0.39, 0.29) is 12.1 Å². The number of thiophene rings is 1. The van der Waals surface area contributed by atoms with Crippen molar-refractivity contribution in [3.05, 3.63) is 51.7 Å². The van der Waals surface area contributed by atoms with Crippen molar-refractivity contribution in [1.82, 2.24) is 5.43 Å². The molecule has 2 aromatic rings. The number of nitrogens with two attached hydrogens (primary N) is 1. The number of rotatable bonds is 5. The molecule has 0 saturated heterocycles. The van der Waals surface area contributed by atoms with E-state index in [4.69, 9.17) is 10.6 Å². The monoisotopic (exact) mass is 276 g/mol. The van der Waals surface area contributed by atoms with Crippen LogP contribution in [0.15, 0.2) is 35.0 Å². The number of benzene rings is 1. The predicted octanol–water partition coefficient (Wildman–Crippen LogP) is 3.40. The molecule has 3 N–H and O–H groups in total. The lowest BCUT2D eigenvalue weighted by Crippen LogP contribution is -2.29. The summed E-state index contributed by atoms with van der Waals surface area (Å²) in [5.74, 6) is 6.61. The molecule has 0 aliphatic heterocycles. The van der Waals surface area contributed by atoms with Crippen LogP contribution < -0.4 is 16.0 Å². The minimum Gasteiger partial charge on any atom is -0.491 e. The number of aryl methyl sites for hydroxylation is 1. The van der Waals surface area contributed by atoms with Gasteiger partial charge in [0.2, 0.25) is 0 Å². The normalized spacial score (nSPS) is 12.7. The van der Waals surface area contributed by atoms with Crippen molar-refractivity contribution >= 4 is 11.3 Å². The summed E-state index contributed by atoms with van der Waals surface area (Å²) in [5.41, 5.74) is 6.48. The van der Waals surface area contributed by atoms with E-state index < -0.39 is 0 Å². The molecule has 0 fully saturated rings. The van der Waals surface area contributed by atoms with E-state index >= 15 is 0 Å². The van der Waals surface area contributed by atoms with E-state index in [1.165, 1.54) is 11.1 Å². The first-order chi connectivity index (χ1) is 9.11. The van der Waals surface area contributed by atoms with E-state index in [1.807, 2.05) is 32.0 Å². The molecule has 0 amide bonds. The quantitative estimate of drug-likeness (QED) is 0.650. The Kier molecular flexibility index (Phi) is 4.58. The summed E-state index contributed by atoms with van der Waals surface area (Å²) in [6.45, 7) is 6.15. The molecule has 0 radical (unpaired) electrons. The molecule has 2 rings (SSSR count). The lowest BCUT2D eigenvalue weighted by atomic mass is 9.99. The van der Waals surface area contributed by atoms with E-state index in [9.17, 15) is 0 Å². The van der Waals surface area contributed by atoms with E-state index in [2.05, 4.69) is 29.2 Å². The lowest BCUT2D eigenvalue weighted by molar-refractivity contribution is 0.242. The molecule has 0 saturated carbocycles. The largest absolute Gasteiger partial charge is 0.491 e. The van der Waals surface area contributed by atoms with Gasteiger partial charge in [0, 0.05) is 0 Å². The second-order valence-corrected chi connectivity index (χ2v) is 5.59. The van der Waals surface area contributed by atoms with Crippen LogP contribution in [0.1, 0.15) is 36.6 Å². The van der Waals surface area contributed by atoms with Crippen molar-refractivity contribution in [1.29, 1.82) is 0 Å². The summed E-state index contributed by atoms with van der Waals surface area (Å²) in [5, 5.41) is 4.27. The molecule has 1 aromatic carbocycles. The first-order valence-corrected chi connectivity index (χ1v) is 7.31. The van der Waals surface area contributed by atoms with Crippen LogP contribution in [0.5, 0.6) is 5.75 Å². The SMILES string of the molecule is Cc1cscc1C(NN)c1cccc(OC(C)C)c1. The molecule has 102 valence electrons. The predicted molar refractivity (Wildman–Crippen MR) is 80.4 cm³/mol. The van der Waals surface area contributed by atoms with Gasteiger partial charge < -0.3 is 4.74 Å². The van der Waals surface area contributed by atoms with Crippen LogP contribution in [-0.2, 0) is 0 Å². The van der Waals surface area contributed by atoms with Crippen molar-refractivity contribution in [3.63, 3.8) is 0 Å². The average Bonchev–Trinajstić information content (AvgIpc) is 2.77. The molecule has 1 atom stereocenters. The maximum absolute atomic E-state index is 5.73. The van der Waals surface area contributed by atoms with Crippen LogP contribution in [-0.4, -0.2) is 6.10 Å². The molecule has 1 heterocycles. The van der Waals surface area contributed by atoms with Crippen LogP contribution in [0.4, 0.5) is 0 Å². The Morgan fingerprint density at radius 1 is 1.26 bits per heavy atom. The fraction of sp³-hybridized carbons (Fsp3) is 0.333. The Morgan fingerprint density at radius 3 is 2.63 bits per heavy atom. The molecule has 0 aliphatic rings. The number of hydrogen-bond donors (Lipinski definition) is 2. The van der Waals surface area contributed by atoms with Crippen molar-refractivity contribution < 1.29 is 4.74 Å². The third-order valence-corrected chi connectivity index (χ3v) is 3.82. The van der Waals surface area contributed by atoms with Crippen LogP contribution >= 0.6 is 11.3 Å². The summed E-state index contributed by atoms with van der Waals surface area (Å²) >= 11 is 1.69. The first kappa shape index (κ1) is 14.1. The topological polar surface area (TPSA) is 47.3 Å². The van der Waals surface area contributed by atoms with Crippen LogP contribution in [0.2, 0.25) is 0 Å². The van der Waals surface area contributed by atoms with Gasteiger partial charge in [-0.2, -0.15) is 11.3 Å². The minimum absolute atomic E-state index is 0.00182. The van der Waals surface area contributed by atoms with Gasteiger partial charge in [-0.3, -0.25) is 5.84 Å². The molecule has 0 spiro atoms. The molecule has 3 nitrogen and oxygen atoms in total. The zero-order valence-electron chi connectivity index (χ0n) is 11.5. The van der Waals surface area contributed by atoms with E-state index in [0.29, 0.717) is 0 Å². The van der Waals surface area contributed by atoms with Crippen molar-refractivity contribution in [2.45, 2.75) is 32.9 Å². The highest BCUT2D eigenvalue weighted by Crippen LogP contribution is 2.29. The second kappa shape index (κ2) is 6.19. The van der Waals surface area contributed by atoms with Gasteiger partial charge in [0.1, 0.15) is 5.75 Å². The van der Waals surface area contributed by atoms with Gasteiger partial charge in [-0.15, -0.1) is 0 Å². The van der Waals surface area contributed by atoms with Gasteiger partial charge in [0.05, 0.1) is 12.1 Å². The second-order valence-electron chi connectivity index (χ2n) is 4.85. The van der Waals surface area contributed by atoms with Gasteiger partial charge in [-0.25, -0.2) is 5.43 Å². The Bertz CT molecular complexity index is 536. The first-order valence-electron chi connectivity index (χ1n) is 6.37. The Balaban J connectivity index is 2.31. The molecule has 0 aliphatic carbocycles. The molecular weight excluding hydrogens is 256 g/mol. The van der Waals surface area contributed by atoms with E-state index in [1.54, 1.807) is 11.3 Å². The number of hydrogen-bond acceptors (Lipinski definition) is 4. The third kappa shape index (κ3) is 3.35. The van der Waals surface area contributed by atoms with Gasteiger partial charge >= 0.3 is 0 Å². The van der Waals surface area contributed by atoms with Gasteiger partial charge in [-0.05, 0) is 60.4 Å². The number of nitrogens with one attached hydrogen (secondary N) is 1. The molecule has 0 bridgehead atoms. The molecule has 1 unspecified atom stereocenters. The zero-order chi connectivity index (χ0) is 13.8. The highest BCUT2D eigenvalue weighted by molar-refractivity contribution is 7.08. The summed E-state index contributed by atoms with van der Waals surface area (Å²) in [6.07, 6.45) is 0.169. The van der Waals surface area contributed by atoms with Gasteiger partial charge in [0.25, 0.3) is 0 Å². The molecule has 1 aromatic heterocycles. The van der Waals surface area contributed by atoms with Gasteiger partial charge in [0.15, 0.2) is 0 Å². The highest BCUT2D eigenvalue weighted by atomic mass is 32.1. The maximum atomic E-state index is 5.73. The van der Waals surface area contributed by atoms with Crippen molar-refractivity contribution in [2.75, 3.05) is 0 Å². The van der Waals surface area contributed by atoms with E-state index in [0.717, 1.165) is 11.3 Å². The smallest absolute Gasteiger partial charge is 0.120 e. The number of ether oxygens (including phenoxy) is 1. The molecule has 4 heteroatoms. The van der Waals surface area contributed by atoms with Crippen LogP contribution in [0, 0.1) is 6.92 Å². The summed E-state index contributed by atoms with van der Waals surface area (Å²) in [7, 11) is 0. The lowest BCUT2D eigenvalue weighted by Gasteiger charge is -2.18. The Labute approximate surface area is 118 Å². The van der Waals surface area contributed by atoms with Crippen molar-refractivity contribution in [3.8, 4) is 5.75 Å². The average molecular weight is 276 g/mol. The van der Waals surface area contributed by atoms with Crippen molar-refractivity contribution in [2.24, 2.45) is 5.84 Å². The summed E-state index contributed by atoms with van der Waals surface area (Å²) in [4.78, 5) is 0. The fourth-order valence-electron chi connectivity index (χ4n) is 2.07. The van der Waals surface area contributed by atoms with Crippen LogP contribution in [0.25, 0.3) is 0 Å². The zero-order valence-corrected chi connectivity index (χ0v) is 12.3. The number of hydrazine groups is 1. The third-order valence-electron chi connectivity index (χ3n) is 2.94. The fourth-order valence-corrected chi connectivity index (χ4v) is 2.95. The summed E-state index contributed by atoms with van der Waals surface area (Å²) < 4.78 is 5.73. The highest BCUT2D eigenvalue weighted by Gasteiger charge is 2.16. The molecular formula is C15H20N2OS. The molecule has 19 heavy (non-hydrogen) atoms. The maximum Gasteiger partial charge on any atom is 0.120 e. The minimum atomic E-state index is 0.00182. The summed E-state index contributed by atoms with van der Waals surface area (Å²) in [6, 6.07) is 8.08. The Hall–Kier alpha value is -1.36.